The Hall–Kier alpha value is -0.702. The second-order valence-electron chi connectivity index (χ2n) is 7.96. The Labute approximate surface area is 245 Å². The molecule has 1 aliphatic heterocycles. The minimum atomic E-state index is -0.529. The van der Waals surface area contributed by atoms with Gasteiger partial charge < -0.3 is 0 Å². The molecule has 3 aromatic rings. The number of halogens is 1. The second kappa shape index (κ2) is 11.6. The fraction of sp³-hybridized carbons (Fsp3) is 0.231. The molecule has 1 heterocycles. The molecule has 0 N–H and O–H groups in total. The van der Waals surface area contributed by atoms with E-state index in [1.165, 1.54) is 11.1 Å². The van der Waals surface area contributed by atoms with Gasteiger partial charge in [-0.2, -0.15) is 30.3 Å². The first-order valence-electron chi connectivity index (χ1n) is 10.0. The zero-order valence-corrected chi connectivity index (χ0v) is 25.2. The number of nitrogens with zero attached hydrogens (tertiary/aromatic N) is 2. The number of benzene rings is 3. The van der Waals surface area contributed by atoms with Crippen molar-refractivity contribution in [2.45, 2.75) is 39.8 Å². The molecule has 0 bridgehead atoms. The van der Waals surface area contributed by atoms with Crippen LogP contribution in [0.5, 0.6) is 0 Å². The Morgan fingerprint density at radius 1 is 0.875 bits per heavy atom. The van der Waals surface area contributed by atoms with Crippen LogP contribution in [-0.2, 0) is 65.4 Å². The number of aliphatic imine (C=N–C) groups is 1. The van der Waals surface area contributed by atoms with Crippen molar-refractivity contribution in [2.75, 3.05) is 0 Å². The van der Waals surface area contributed by atoms with Crippen LogP contribution in [0, 0.1) is 33.8 Å². The summed E-state index contributed by atoms with van der Waals surface area (Å²) in [5, 5.41) is -0.529. The Morgan fingerprint density at radius 2 is 1.47 bits per heavy atom. The second-order valence-corrected chi connectivity index (χ2v) is 8.28. The van der Waals surface area contributed by atoms with Crippen LogP contribution in [0.25, 0.3) is 0 Å². The molecule has 0 saturated heterocycles. The summed E-state index contributed by atoms with van der Waals surface area (Å²) >= 11 is 6.17. The minimum absolute atomic E-state index is 0. The van der Waals surface area contributed by atoms with E-state index >= 15 is 0 Å². The van der Waals surface area contributed by atoms with Crippen molar-refractivity contribution in [2.24, 2.45) is 4.99 Å². The average Bonchev–Trinajstić information content (AvgIpc) is 3.12. The maximum Gasteiger partial charge on any atom is 0.322 e. The Morgan fingerprint density at radius 3 is 2.06 bits per heavy atom. The molecule has 2 atom stereocenters. The molecule has 0 aromatic heterocycles. The van der Waals surface area contributed by atoms with Crippen molar-refractivity contribution < 1.29 is 70.2 Å². The van der Waals surface area contributed by atoms with E-state index in [1.54, 1.807) is 4.90 Å². The van der Waals surface area contributed by atoms with E-state index in [2.05, 4.69) is 63.2 Å². The van der Waals surface area contributed by atoms with Gasteiger partial charge in [-0.05, 0) is 67.6 Å². The monoisotopic (exact) mass is 593 g/mol. The van der Waals surface area contributed by atoms with Crippen molar-refractivity contribution in [3.8, 4) is 0 Å². The van der Waals surface area contributed by atoms with Gasteiger partial charge in [-0.3, -0.25) is 14.7 Å². The van der Waals surface area contributed by atoms with E-state index in [-0.39, 0.29) is 77.5 Å². The van der Waals surface area contributed by atoms with E-state index < -0.39 is 5.37 Å². The summed E-state index contributed by atoms with van der Waals surface area (Å²) < 4.78 is 0. The Kier molecular flexibility index (Phi) is 10.0. The van der Waals surface area contributed by atoms with Gasteiger partial charge in [0.2, 0.25) is 0 Å². The molecule has 2 radical (unpaired) electrons. The summed E-state index contributed by atoms with van der Waals surface area (Å²) in [5.41, 5.74) is 7.60. The van der Waals surface area contributed by atoms with Crippen molar-refractivity contribution in [1.82, 2.24) is 4.90 Å². The standard InChI is InChI=1S/C26H24ClN2O.2Y/c1-16-10-12-20(13-11-16)23-24(21-8-6-5-7-9-21)29(26(27)30)25(28-23)22-15-18(3)17(2)14-19(22)4;;/h6-15,23-24H,1-4H3;;/q-1;;/t23-,24+;;/m1../s1. The summed E-state index contributed by atoms with van der Waals surface area (Å²) in [6.07, 6.45) is 0. The smallest absolute Gasteiger partial charge is 0.275 e. The van der Waals surface area contributed by atoms with Crippen molar-refractivity contribution >= 4 is 22.8 Å². The quantitative estimate of drug-likeness (QED) is 0.191. The number of rotatable bonds is 3. The normalized spacial score (nSPS) is 17.3. The molecule has 32 heavy (non-hydrogen) atoms. The molecule has 0 unspecified atom stereocenters. The molecule has 158 valence electrons. The summed E-state index contributed by atoms with van der Waals surface area (Å²) in [6.45, 7) is 8.27. The molecule has 0 saturated carbocycles. The molecule has 6 heteroatoms. The van der Waals surface area contributed by atoms with E-state index in [0.717, 1.165) is 27.8 Å². The van der Waals surface area contributed by atoms with Gasteiger partial charge in [0, 0.05) is 71.0 Å². The summed E-state index contributed by atoms with van der Waals surface area (Å²) in [5.74, 6) is 0.624. The van der Waals surface area contributed by atoms with E-state index in [0.29, 0.717) is 5.84 Å². The summed E-state index contributed by atoms with van der Waals surface area (Å²) in [6, 6.07) is 22.7. The van der Waals surface area contributed by atoms with E-state index in [1.807, 2.05) is 31.2 Å². The maximum absolute atomic E-state index is 12.7. The third kappa shape index (κ3) is 5.50. The van der Waals surface area contributed by atoms with Crippen molar-refractivity contribution in [3.63, 3.8) is 0 Å². The first-order valence-corrected chi connectivity index (χ1v) is 10.4. The number of amides is 1. The topological polar surface area (TPSA) is 32.7 Å². The predicted octanol–water partition coefficient (Wildman–Crippen LogP) is 6.62. The van der Waals surface area contributed by atoms with Gasteiger partial charge in [0.05, 0.1) is 6.04 Å². The zero-order chi connectivity index (χ0) is 21.4. The maximum atomic E-state index is 12.7. The van der Waals surface area contributed by atoms with Gasteiger partial charge >= 0.3 is 5.37 Å². The molecule has 3 aromatic carbocycles. The van der Waals surface area contributed by atoms with Gasteiger partial charge in [-0.1, -0.05) is 35.9 Å². The minimum Gasteiger partial charge on any atom is -0.275 e. The van der Waals surface area contributed by atoms with Gasteiger partial charge in [0.1, 0.15) is 11.9 Å². The molecular formula is C26H24ClN2OY2-. The number of hydrogen-bond acceptors (Lipinski definition) is 2. The molecule has 4 rings (SSSR count). The first-order chi connectivity index (χ1) is 14.4. The summed E-state index contributed by atoms with van der Waals surface area (Å²) in [7, 11) is 0. The molecule has 1 aliphatic rings. The van der Waals surface area contributed by atoms with Crippen molar-refractivity contribution in [3.05, 3.63) is 106 Å². The van der Waals surface area contributed by atoms with Crippen LogP contribution in [0.3, 0.4) is 0 Å². The Balaban J connectivity index is 0.00000181. The van der Waals surface area contributed by atoms with Crippen LogP contribution in [0.15, 0.2) is 65.7 Å². The number of carbonyl (C=O) groups is 1. The predicted molar refractivity (Wildman–Crippen MR) is 122 cm³/mol. The average molecular weight is 594 g/mol. The first kappa shape index (κ1) is 27.5. The van der Waals surface area contributed by atoms with Crippen LogP contribution in [0.1, 0.15) is 51.0 Å². The molecular weight excluding hydrogens is 570 g/mol. The van der Waals surface area contributed by atoms with Crippen molar-refractivity contribution in [1.29, 1.82) is 0 Å². The van der Waals surface area contributed by atoms with Crippen LogP contribution < -0.4 is 0 Å². The molecule has 0 fully saturated rings. The SMILES string of the molecule is Cc1ccc([C@H]2N=C(c3cc(C)c(C)cc3C)N(C(=O)Cl)[C@H]2c2cc[c-]cc2)cc1.[Y].[Y]. The largest absolute Gasteiger partial charge is 0.322 e. The molecule has 1 amide bonds. The fourth-order valence-corrected chi connectivity index (χ4v) is 4.26. The summed E-state index contributed by atoms with van der Waals surface area (Å²) in [4.78, 5) is 19.4. The number of hydrogen-bond donors (Lipinski definition) is 0. The molecule has 0 spiro atoms. The number of amidine groups is 1. The molecule has 3 nitrogen and oxygen atoms in total. The van der Waals surface area contributed by atoms with Gasteiger partial charge in [-0.25, -0.2) is 0 Å². The van der Waals surface area contributed by atoms with E-state index in [4.69, 9.17) is 16.6 Å². The third-order valence-electron chi connectivity index (χ3n) is 5.84. The van der Waals surface area contributed by atoms with Gasteiger partial charge in [0.25, 0.3) is 0 Å². The van der Waals surface area contributed by atoms with Crippen LogP contribution in [0.4, 0.5) is 4.79 Å². The van der Waals surface area contributed by atoms with Crippen LogP contribution >= 0.6 is 11.6 Å². The zero-order valence-electron chi connectivity index (χ0n) is 18.8. The van der Waals surface area contributed by atoms with Gasteiger partial charge in [0.15, 0.2) is 0 Å². The van der Waals surface area contributed by atoms with Crippen LogP contribution in [-0.4, -0.2) is 16.1 Å². The Bertz CT molecular complexity index is 1130. The number of aryl methyl sites for hydroxylation is 4. The number of carbonyl (C=O) groups excluding carboxylic acids is 1. The van der Waals surface area contributed by atoms with Gasteiger partial charge in [-0.15, -0.1) is 5.56 Å². The van der Waals surface area contributed by atoms with Crippen LogP contribution in [0.2, 0.25) is 0 Å². The third-order valence-corrected chi connectivity index (χ3v) is 6.02. The fourth-order valence-electron chi connectivity index (χ4n) is 4.08. The molecule has 0 aliphatic carbocycles. The van der Waals surface area contributed by atoms with E-state index in [9.17, 15) is 4.79 Å².